The smallest absolute Gasteiger partial charge is 0.254 e. The van der Waals surface area contributed by atoms with E-state index in [-0.39, 0.29) is 11.8 Å². The van der Waals surface area contributed by atoms with Gasteiger partial charge in [-0.2, -0.15) is 0 Å². The standard InChI is InChI=1S/C19H19ClN2O2/c1-14(23)21-7-9-22(10-8-21)19(24)17-11-16(12-18(20)13-17)15-5-3-2-4-6-15/h2-6,11-13H,7-10H2,1H3. The molecule has 24 heavy (non-hydrogen) atoms. The molecule has 0 aromatic heterocycles. The fraction of sp³-hybridized carbons (Fsp3) is 0.263. The Kier molecular flexibility index (Phi) is 4.86. The molecule has 0 radical (unpaired) electrons. The van der Waals surface area contributed by atoms with Gasteiger partial charge in [-0.05, 0) is 29.3 Å². The van der Waals surface area contributed by atoms with Crippen molar-refractivity contribution in [3.63, 3.8) is 0 Å². The minimum absolute atomic E-state index is 0.0436. The summed E-state index contributed by atoms with van der Waals surface area (Å²) in [6, 6.07) is 15.3. The second-order valence-electron chi connectivity index (χ2n) is 5.89. The van der Waals surface area contributed by atoms with Crippen LogP contribution in [0.15, 0.2) is 48.5 Å². The molecule has 0 atom stereocenters. The maximum absolute atomic E-state index is 12.8. The van der Waals surface area contributed by atoms with E-state index in [4.69, 9.17) is 11.6 Å². The summed E-state index contributed by atoms with van der Waals surface area (Å²) in [5.74, 6) is 0.00843. The molecular formula is C19H19ClN2O2. The highest BCUT2D eigenvalue weighted by atomic mass is 35.5. The van der Waals surface area contributed by atoms with Gasteiger partial charge in [0.2, 0.25) is 5.91 Å². The van der Waals surface area contributed by atoms with E-state index in [0.29, 0.717) is 36.8 Å². The molecule has 0 unspecified atom stereocenters. The molecule has 4 nitrogen and oxygen atoms in total. The SMILES string of the molecule is CC(=O)N1CCN(C(=O)c2cc(Cl)cc(-c3ccccc3)c2)CC1. The molecule has 0 spiro atoms. The molecule has 124 valence electrons. The third kappa shape index (κ3) is 3.60. The number of hydrogen-bond acceptors (Lipinski definition) is 2. The van der Waals surface area contributed by atoms with Gasteiger partial charge in [0.1, 0.15) is 0 Å². The van der Waals surface area contributed by atoms with Crippen LogP contribution in [-0.4, -0.2) is 47.8 Å². The number of carbonyl (C=O) groups excluding carboxylic acids is 2. The van der Waals surface area contributed by atoms with Gasteiger partial charge < -0.3 is 9.80 Å². The second-order valence-corrected chi connectivity index (χ2v) is 6.33. The summed E-state index contributed by atoms with van der Waals surface area (Å²) in [6.07, 6.45) is 0. The molecule has 0 aliphatic carbocycles. The second kappa shape index (κ2) is 7.05. The van der Waals surface area contributed by atoms with Crippen LogP contribution in [0.4, 0.5) is 0 Å². The zero-order valence-electron chi connectivity index (χ0n) is 13.5. The molecule has 0 bridgehead atoms. The van der Waals surface area contributed by atoms with Crippen LogP contribution < -0.4 is 0 Å². The molecule has 1 heterocycles. The van der Waals surface area contributed by atoms with Crippen LogP contribution in [-0.2, 0) is 4.79 Å². The predicted molar refractivity (Wildman–Crippen MR) is 95.0 cm³/mol. The lowest BCUT2D eigenvalue weighted by Gasteiger charge is -2.34. The van der Waals surface area contributed by atoms with Crippen molar-refractivity contribution in [3.05, 3.63) is 59.1 Å². The van der Waals surface area contributed by atoms with Crippen LogP contribution in [0.1, 0.15) is 17.3 Å². The van der Waals surface area contributed by atoms with Crippen molar-refractivity contribution in [2.24, 2.45) is 0 Å². The van der Waals surface area contributed by atoms with Crippen molar-refractivity contribution in [3.8, 4) is 11.1 Å². The van der Waals surface area contributed by atoms with Gasteiger partial charge in [-0.25, -0.2) is 0 Å². The number of amides is 2. The average molecular weight is 343 g/mol. The molecule has 2 aromatic carbocycles. The minimum Gasteiger partial charge on any atom is -0.339 e. The minimum atomic E-state index is -0.0436. The summed E-state index contributed by atoms with van der Waals surface area (Å²) in [5, 5.41) is 0.544. The Bertz CT molecular complexity index is 753. The number of carbonyl (C=O) groups is 2. The number of halogens is 1. The summed E-state index contributed by atoms with van der Waals surface area (Å²) < 4.78 is 0. The van der Waals surface area contributed by atoms with E-state index in [0.717, 1.165) is 11.1 Å². The third-order valence-corrected chi connectivity index (χ3v) is 4.48. The highest BCUT2D eigenvalue weighted by Gasteiger charge is 2.23. The Morgan fingerprint density at radius 2 is 1.50 bits per heavy atom. The van der Waals surface area contributed by atoms with Crippen LogP contribution in [0.3, 0.4) is 0 Å². The largest absolute Gasteiger partial charge is 0.339 e. The highest BCUT2D eigenvalue weighted by molar-refractivity contribution is 6.31. The van der Waals surface area contributed by atoms with Crippen LogP contribution in [0.5, 0.6) is 0 Å². The van der Waals surface area contributed by atoms with Gasteiger partial charge in [-0.1, -0.05) is 41.9 Å². The molecule has 1 saturated heterocycles. The van der Waals surface area contributed by atoms with Crippen molar-refractivity contribution >= 4 is 23.4 Å². The predicted octanol–water partition coefficient (Wildman–Crippen LogP) is 3.31. The van der Waals surface area contributed by atoms with Crippen molar-refractivity contribution in [2.75, 3.05) is 26.2 Å². The quantitative estimate of drug-likeness (QED) is 0.840. The van der Waals surface area contributed by atoms with Gasteiger partial charge in [-0.3, -0.25) is 9.59 Å². The van der Waals surface area contributed by atoms with Gasteiger partial charge in [0.05, 0.1) is 0 Å². The normalized spacial score (nSPS) is 14.6. The Labute approximate surface area is 146 Å². The van der Waals surface area contributed by atoms with Crippen LogP contribution in [0.2, 0.25) is 5.02 Å². The molecular weight excluding hydrogens is 324 g/mol. The molecule has 2 amide bonds. The summed E-state index contributed by atoms with van der Waals surface area (Å²) in [7, 11) is 0. The first-order chi connectivity index (χ1) is 11.5. The fourth-order valence-electron chi connectivity index (χ4n) is 2.92. The molecule has 0 saturated carbocycles. The highest BCUT2D eigenvalue weighted by Crippen LogP contribution is 2.25. The van der Waals surface area contributed by atoms with Crippen LogP contribution in [0, 0.1) is 0 Å². The van der Waals surface area contributed by atoms with Crippen LogP contribution >= 0.6 is 11.6 Å². The van der Waals surface area contributed by atoms with Crippen molar-refractivity contribution in [2.45, 2.75) is 6.92 Å². The molecule has 3 rings (SSSR count). The summed E-state index contributed by atoms with van der Waals surface area (Å²) in [6.45, 7) is 3.80. The molecule has 1 aliphatic rings. The lowest BCUT2D eigenvalue weighted by Crippen LogP contribution is -2.50. The topological polar surface area (TPSA) is 40.6 Å². The Hall–Kier alpha value is -2.33. The Morgan fingerprint density at radius 3 is 2.12 bits per heavy atom. The Balaban J connectivity index is 1.81. The summed E-state index contributed by atoms with van der Waals surface area (Å²) in [4.78, 5) is 27.7. The zero-order chi connectivity index (χ0) is 17.1. The number of rotatable bonds is 2. The van der Waals surface area contributed by atoms with Crippen LogP contribution in [0.25, 0.3) is 11.1 Å². The van der Waals surface area contributed by atoms with E-state index in [1.165, 1.54) is 0 Å². The number of benzene rings is 2. The van der Waals surface area contributed by atoms with E-state index in [2.05, 4.69) is 0 Å². The molecule has 2 aromatic rings. The van der Waals surface area contributed by atoms with Gasteiger partial charge >= 0.3 is 0 Å². The van der Waals surface area contributed by atoms with Gasteiger partial charge in [-0.15, -0.1) is 0 Å². The maximum atomic E-state index is 12.8. The van der Waals surface area contributed by atoms with Crippen molar-refractivity contribution < 1.29 is 9.59 Å². The van der Waals surface area contributed by atoms with E-state index in [9.17, 15) is 9.59 Å². The molecule has 1 aliphatic heterocycles. The first kappa shape index (κ1) is 16.5. The zero-order valence-corrected chi connectivity index (χ0v) is 14.3. The average Bonchev–Trinajstić information content (AvgIpc) is 2.61. The molecule has 5 heteroatoms. The lowest BCUT2D eigenvalue weighted by atomic mass is 10.0. The first-order valence-corrected chi connectivity index (χ1v) is 8.33. The molecule has 1 fully saturated rings. The monoisotopic (exact) mass is 342 g/mol. The summed E-state index contributed by atoms with van der Waals surface area (Å²) in [5.41, 5.74) is 2.53. The lowest BCUT2D eigenvalue weighted by molar-refractivity contribution is -0.130. The van der Waals surface area contributed by atoms with Gasteiger partial charge in [0, 0.05) is 43.7 Å². The number of piperazine rings is 1. The fourth-order valence-corrected chi connectivity index (χ4v) is 3.15. The van der Waals surface area contributed by atoms with Crippen molar-refractivity contribution in [1.29, 1.82) is 0 Å². The molecule has 0 N–H and O–H groups in total. The number of nitrogens with zero attached hydrogens (tertiary/aromatic N) is 2. The first-order valence-electron chi connectivity index (χ1n) is 7.95. The maximum Gasteiger partial charge on any atom is 0.254 e. The van der Waals surface area contributed by atoms with E-state index < -0.39 is 0 Å². The Morgan fingerprint density at radius 1 is 0.875 bits per heavy atom. The van der Waals surface area contributed by atoms with Crippen molar-refractivity contribution in [1.82, 2.24) is 9.80 Å². The third-order valence-electron chi connectivity index (χ3n) is 4.26. The van der Waals surface area contributed by atoms with Gasteiger partial charge in [0.15, 0.2) is 0 Å². The van der Waals surface area contributed by atoms with E-state index in [1.54, 1.807) is 22.8 Å². The van der Waals surface area contributed by atoms with E-state index >= 15 is 0 Å². The summed E-state index contributed by atoms with van der Waals surface area (Å²) >= 11 is 6.22. The van der Waals surface area contributed by atoms with E-state index in [1.807, 2.05) is 42.5 Å². The van der Waals surface area contributed by atoms with Gasteiger partial charge in [0.25, 0.3) is 5.91 Å². The number of hydrogen-bond donors (Lipinski definition) is 0.